The molecule has 0 radical (unpaired) electrons. The van der Waals surface area contributed by atoms with Gasteiger partial charge in [0, 0.05) is 0 Å². The third-order valence-electron chi connectivity index (χ3n) is 2.00. The lowest BCUT2D eigenvalue weighted by Gasteiger charge is -2.00. The summed E-state index contributed by atoms with van der Waals surface area (Å²) in [6.45, 7) is 0. The quantitative estimate of drug-likeness (QED) is 0.692. The maximum absolute atomic E-state index is 8.92. The number of hydrogen-bond acceptors (Lipinski definition) is 3. The van der Waals surface area contributed by atoms with Gasteiger partial charge >= 0.3 is 0 Å². The lowest BCUT2D eigenvalue weighted by Crippen LogP contribution is -1.99. The highest BCUT2D eigenvalue weighted by Gasteiger charge is 2.10. The maximum Gasteiger partial charge on any atom is 0.162 e. The summed E-state index contributed by atoms with van der Waals surface area (Å²) < 4.78 is 1.46. The van der Waals surface area contributed by atoms with Gasteiger partial charge in [0.1, 0.15) is 17.7 Å². The zero-order valence-corrected chi connectivity index (χ0v) is 7.75. The first-order valence-corrected chi connectivity index (χ1v) is 4.30. The van der Waals surface area contributed by atoms with Crippen molar-refractivity contribution in [3.63, 3.8) is 0 Å². The molecule has 70 valence electrons. The van der Waals surface area contributed by atoms with Crippen molar-refractivity contribution in [1.29, 1.82) is 10.5 Å². The SMILES string of the molecule is N#Cc1cnn(-c2ccccc2)c1C#N. The Labute approximate surface area is 86.6 Å². The van der Waals surface area contributed by atoms with Crippen molar-refractivity contribution in [2.24, 2.45) is 0 Å². The summed E-state index contributed by atoms with van der Waals surface area (Å²) in [5, 5.41) is 21.7. The highest BCUT2D eigenvalue weighted by molar-refractivity contribution is 5.45. The highest BCUT2D eigenvalue weighted by atomic mass is 15.3. The molecule has 0 atom stereocenters. The first-order chi connectivity index (χ1) is 7.36. The summed E-state index contributed by atoms with van der Waals surface area (Å²) in [4.78, 5) is 0. The van der Waals surface area contributed by atoms with Crippen LogP contribution in [-0.4, -0.2) is 9.78 Å². The fourth-order valence-electron chi connectivity index (χ4n) is 1.30. The molecule has 0 saturated heterocycles. The molecule has 4 heteroatoms. The molecule has 2 aromatic rings. The van der Waals surface area contributed by atoms with Gasteiger partial charge in [-0.3, -0.25) is 0 Å². The third-order valence-corrected chi connectivity index (χ3v) is 2.00. The standard InChI is InChI=1S/C11H6N4/c12-6-9-8-14-15(11(9)7-13)10-4-2-1-3-5-10/h1-5,8H. The van der Waals surface area contributed by atoms with Gasteiger partial charge in [0.05, 0.1) is 11.9 Å². The van der Waals surface area contributed by atoms with Crippen LogP contribution in [0.5, 0.6) is 0 Å². The molecule has 1 aromatic heterocycles. The molecule has 0 spiro atoms. The summed E-state index contributed by atoms with van der Waals surface area (Å²) in [5.74, 6) is 0. The van der Waals surface area contributed by atoms with Crippen molar-refractivity contribution in [2.75, 3.05) is 0 Å². The Bertz CT molecular complexity index is 555. The van der Waals surface area contributed by atoms with E-state index in [4.69, 9.17) is 10.5 Å². The van der Waals surface area contributed by atoms with Crippen molar-refractivity contribution < 1.29 is 0 Å². The second kappa shape index (κ2) is 3.65. The fourth-order valence-corrected chi connectivity index (χ4v) is 1.30. The summed E-state index contributed by atoms with van der Waals surface area (Å²) in [6.07, 6.45) is 1.39. The van der Waals surface area contributed by atoms with Gasteiger partial charge in [0.15, 0.2) is 5.69 Å². The zero-order chi connectivity index (χ0) is 10.7. The molecule has 1 heterocycles. The molecule has 0 unspecified atom stereocenters. The topological polar surface area (TPSA) is 65.4 Å². The molecule has 4 nitrogen and oxygen atoms in total. The van der Waals surface area contributed by atoms with Crippen LogP contribution in [0.25, 0.3) is 5.69 Å². The Hall–Kier alpha value is -2.59. The Morgan fingerprint density at radius 2 is 1.80 bits per heavy atom. The van der Waals surface area contributed by atoms with E-state index in [0.29, 0.717) is 5.56 Å². The van der Waals surface area contributed by atoms with E-state index in [9.17, 15) is 0 Å². The third kappa shape index (κ3) is 1.45. The average Bonchev–Trinajstić information content (AvgIpc) is 2.72. The minimum absolute atomic E-state index is 0.267. The van der Waals surface area contributed by atoms with E-state index < -0.39 is 0 Å². The maximum atomic E-state index is 8.92. The number of benzene rings is 1. The van der Waals surface area contributed by atoms with E-state index in [1.165, 1.54) is 10.9 Å². The van der Waals surface area contributed by atoms with E-state index in [2.05, 4.69) is 5.10 Å². The normalized spacial score (nSPS) is 9.20. The van der Waals surface area contributed by atoms with Crippen LogP contribution in [0.15, 0.2) is 36.5 Å². The second-order valence-electron chi connectivity index (χ2n) is 2.88. The minimum atomic E-state index is 0.267. The molecule has 0 N–H and O–H groups in total. The van der Waals surface area contributed by atoms with E-state index in [0.717, 1.165) is 5.69 Å². The van der Waals surface area contributed by atoms with Crippen LogP contribution < -0.4 is 0 Å². The number of rotatable bonds is 1. The van der Waals surface area contributed by atoms with Crippen LogP contribution in [-0.2, 0) is 0 Å². The van der Waals surface area contributed by atoms with Crippen molar-refractivity contribution in [1.82, 2.24) is 9.78 Å². The van der Waals surface area contributed by atoms with Crippen molar-refractivity contribution in [2.45, 2.75) is 0 Å². The monoisotopic (exact) mass is 194 g/mol. The first-order valence-electron chi connectivity index (χ1n) is 4.30. The largest absolute Gasteiger partial charge is 0.222 e. The van der Waals surface area contributed by atoms with E-state index in [1.54, 1.807) is 0 Å². The first kappa shape index (κ1) is 8.98. The summed E-state index contributed by atoms with van der Waals surface area (Å²) in [5.41, 5.74) is 1.33. The molecule has 2 rings (SSSR count). The highest BCUT2D eigenvalue weighted by Crippen LogP contribution is 2.12. The Morgan fingerprint density at radius 3 is 2.40 bits per heavy atom. The van der Waals surface area contributed by atoms with Crippen LogP contribution >= 0.6 is 0 Å². The van der Waals surface area contributed by atoms with Gasteiger partial charge < -0.3 is 0 Å². The molecule has 0 bridgehead atoms. The van der Waals surface area contributed by atoms with E-state index in [-0.39, 0.29) is 5.69 Å². The van der Waals surface area contributed by atoms with Crippen LogP contribution in [0, 0.1) is 22.7 Å². The molecule has 15 heavy (non-hydrogen) atoms. The van der Waals surface area contributed by atoms with Gasteiger partial charge in [-0.1, -0.05) is 18.2 Å². The molecule has 0 aliphatic rings. The Balaban J connectivity index is 2.62. The van der Waals surface area contributed by atoms with Crippen LogP contribution in [0.4, 0.5) is 0 Å². The second-order valence-corrected chi connectivity index (χ2v) is 2.88. The van der Waals surface area contributed by atoms with Gasteiger partial charge in [0.25, 0.3) is 0 Å². The predicted molar refractivity (Wildman–Crippen MR) is 53.0 cm³/mol. The number of nitriles is 2. The van der Waals surface area contributed by atoms with Gasteiger partial charge in [-0.05, 0) is 12.1 Å². The number of nitrogens with zero attached hydrogens (tertiary/aromatic N) is 4. The minimum Gasteiger partial charge on any atom is -0.222 e. The van der Waals surface area contributed by atoms with Gasteiger partial charge in [-0.25, -0.2) is 4.68 Å². The molecule has 0 fully saturated rings. The van der Waals surface area contributed by atoms with Crippen LogP contribution in [0.1, 0.15) is 11.3 Å². The fraction of sp³-hybridized carbons (Fsp3) is 0. The van der Waals surface area contributed by atoms with Gasteiger partial charge in [-0.2, -0.15) is 15.6 Å². The summed E-state index contributed by atoms with van der Waals surface area (Å²) >= 11 is 0. The van der Waals surface area contributed by atoms with E-state index in [1.807, 2.05) is 42.5 Å². The predicted octanol–water partition coefficient (Wildman–Crippen LogP) is 1.62. The van der Waals surface area contributed by atoms with Gasteiger partial charge in [-0.15, -0.1) is 0 Å². The molecule has 1 aromatic carbocycles. The molecular weight excluding hydrogens is 188 g/mol. The van der Waals surface area contributed by atoms with Crippen molar-refractivity contribution in [3.05, 3.63) is 47.8 Å². The Morgan fingerprint density at radius 1 is 1.07 bits per heavy atom. The number of hydrogen-bond donors (Lipinski definition) is 0. The average molecular weight is 194 g/mol. The van der Waals surface area contributed by atoms with Crippen LogP contribution in [0.3, 0.4) is 0 Å². The molecule has 0 aliphatic carbocycles. The number of para-hydroxylation sites is 1. The Kier molecular flexibility index (Phi) is 2.19. The summed E-state index contributed by atoms with van der Waals surface area (Å²) in [7, 11) is 0. The van der Waals surface area contributed by atoms with E-state index >= 15 is 0 Å². The van der Waals surface area contributed by atoms with Crippen molar-refractivity contribution >= 4 is 0 Å². The molecule has 0 saturated carbocycles. The molecule has 0 aliphatic heterocycles. The summed E-state index contributed by atoms with van der Waals surface area (Å²) in [6, 6.07) is 13.1. The lowest BCUT2D eigenvalue weighted by atomic mass is 10.2. The number of aromatic nitrogens is 2. The molecule has 0 amide bonds. The zero-order valence-electron chi connectivity index (χ0n) is 7.75. The molecular formula is C11H6N4. The smallest absolute Gasteiger partial charge is 0.162 e. The lowest BCUT2D eigenvalue weighted by molar-refractivity contribution is 0.866. The van der Waals surface area contributed by atoms with Crippen molar-refractivity contribution in [3.8, 4) is 17.8 Å². The van der Waals surface area contributed by atoms with Crippen LogP contribution in [0.2, 0.25) is 0 Å². The van der Waals surface area contributed by atoms with Gasteiger partial charge in [0.2, 0.25) is 0 Å².